The highest BCUT2D eigenvalue weighted by atomic mass is 16.6. The van der Waals surface area contributed by atoms with E-state index >= 15 is 0 Å². The normalized spacial score (nSPS) is 17.2. The first kappa shape index (κ1) is 29.3. The Kier molecular flexibility index (Phi) is 8.94. The van der Waals surface area contributed by atoms with Crippen LogP contribution in [0.15, 0.2) is 65.1 Å². The maximum absolute atomic E-state index is 14.2. The van der Waals surface area contributed by atoms with Gasteiger partial charge in [0.2, 0.25) is 11.7 Å². The number of hydrogen-bond acceptors (Lipinski definition) is 6. The van der Waals surface area contributed by atoms with Gasteiger partial charge >= 0.3 is 6.09 Å². The molecule has 212 valence electrons. The average molecular weight is 546 g/mol. The van der Waals surface area contributed by atoms with Crippen LogP contribution in [0.5, 0.6) is 0 Å². The molecule has 3 aromatic rings. The quantitative estimate of drug-likeness (QED) is 0.170. The monoisotopic (exact) mass is 545 g/mol. The maximum atomic E-state index is 14.2. The minimum absolute atomic E-state index is 0.0687. The molecule has 7 heteroatoms. The lowest BCUT2D eigenvalue weighted by atomic mass is 9.86. The lowest BCUT2D eigenvalue weighted by molar-refractivity contribution is -0.133. The molecule has 0 radical (unpaired) electrons. The van der Waals surface area contributed by atoms with Crippen molar-refractivity contribution in [1.29, 1.82) is 0 Å². The molecular formula is C33H39NO6. The van der Waals surface area contributed by atoms with Gasteiger partial charge in [0.1, 0.15) is 17.3 Å². The standard InChI is InChI=1S/C33H39NO6/c1-21(2)30-33(4,5)40-32(38)34(30)31(37)26(19-23-13-7-6-8-14-23)29(36)28-20-25(24-15-11-12-22(3)18-24)27(39-28)16-9-10-17-35/h6-8,11-15,18,20-21,26,30,35H,9-10,16-17,19H2,1-5H3/t26-,30-/m1/s1. The van der Waals surface area contributed by atoms with Crippen LogP contribution in [0.3, 0.4) is 0 Å². The number of benzene rings is 2. The number of aryl methyl sites for hydroxylation is 2. The molecule has 1 saturated heterocycles. The molecule has 0 unspecified atom stereocenters. The van der Waals surface area contributed by atoms with Crippen molar-refractivity contribution in [3.63, 3.8) is 0 Å². The largest absolute Gasteiger partial charge is 0.457 e. The van der Waals surface area contributed by atoms with Crippen LogP contribution in [0.25, 0.3) is 11.1 Å². The summed E-state index contributed by atoms with van der Waals surface area (Å²) < 4.78 is 11.8. The molecule has 1 aliphatic heterocycles. The molecule has 1 fully saturated rings. The van der Waals surface area contributed by atoms with E-state index in [0.29, 0.717) is 25.0 Å². The molecule has 0 bridgehead atoms. The van der Waals surface area contributed by atoms with Crippen molar-refractivity contribution >= 4 is 17.8 Å². The topological polar surface area (TPSA) is 97.1 Å². The third kappa shape index (κ3) is 6.20. The Bertz CT molecular complexity index is 1360. The molecule has 7 nitrogen and oxygen atoms in total. The van der Waals surface area contributed by atoms with E-state index in [4.69, 9.17) is 9.15 Å². The predicted molar refractivity (Wildman–Crippen MR) is 153 cm³/mol. The summed E-state index contributed by atoms with van der Waals surface area (Å²) in [5, 5.41) is 9.29. The van der Waals surface area contributed by atoms with Gasteiger partial charge < -0.3 is 14.3 Å². The number of rotatable bonds is 11. The van der Waals surface area contributed by atoms with E-state index in [-0.39, 0.29) is 24.7 Å². The van der Waals surface area contributed by atoms with Gasteiger partial charge in [0.15, 0.2) is 5.76 Å². The Morgan fingerprint density at radius 2 is 1.75 bits per heavy atom. The molecule has 2 heterocycles. The number of carbonyl (C=O) groups excluding carboxylic acids is 3. The molecule has 0 saturated carbocycles. The van der Waals surface area contributed by atoms with Crippen LogP contribution in [0.4, 0.5) is 4.79 Å². The minimum Gasteiger partial charge on any atom is -0.457 e. The number of carbonyl (C=O) groups is 3. The van der Waals surface area contributed by atoms with Crippen molar-refractivity contribution in [2.75, 3.05) is 6.61 Å². The van der Waals surface area contributed by atoms with Gasteiger partial charge in [0.05, 0.1) is 6.04 Å². The number of hydrogen-bond donors (Lipinski definition) is 1. The highest BCUT2D eigenvalue weighted by Crippen LogP contribution is 2.37. The summed E-state index contributed by atoms with van der Waals surface area (Å²) in [5.74, 6) is -1.60. The fourth-order valence-corrected chi connectivity index (χ4v) is 5.76. The van der Waals surface area contributed by atoms with Gasteiger partial charge in [-0.1, -0.05) is 74.0 Å². The van der Waals surface area contributed by atoms with Crippen molar-refractivity contribution in [3.8, 4) is 11.1 Å². The first-order chi connectivity index (χ1) is 19.0. The molecule has 4 rings (SSSR count). The fraction of sp³-hybridized carbons (Fsp3) is 0.424. The SMILES string of the molecule is Cc1cccc(-c2cc(C(=O)[C@@H](Cc3ccccc3)C(=O)N3C(=O)OC(C)(C)[C@H]3C(C)C)oc2CCCCO)c1. The molecule has 1 aromatic heterocycles. The summed E-state index contributed by atoms with van der Waals surface area (Å²) in [7, 11) is 0. The summed E-state index contributed by atoms with van der Waals surface area (Å²) in [5.41, 5.74) is 2.69. The lowest BCUT2D eigenvalue weighted by Gasteiger charge is -2.32. The van der Waals surface area contributed by atoms with Gasteiger partial charge in [-0.05, 0) is 63.1 Å². The van der Waals surface area contributed by atoms with Crippen molar-refractivity contribution in [2.45, 2.75) is 71.9 Å². The number of Topliss-reactive ketones (excluding diaryl/α,β-unsaturated/α-hetero) is 1. The average Bonchev–Trinajstić information content (AvgIpc) is 3.44. The number of imide groups is 1. The molecule has 0 spiro atoms. The summed E-state index contributed by atoms with van der Waals surface area (Å²) in [4.78, 5) is 42.4. The first-order valence-electron chi connectivity index (χ1n) is 14.0. The van der Waals surface area contributed by atoms with Crippen LogP contribution in [0.1, 0.15) is 68.0 Å². The zero-order valence-corrected chi connectivity index (χ0v) is 24.0. The molecule has 0 aliphatic carbocycles. The Hall–Kier alpha value is -3.71. The number of unbranched alkanes of at least 4 members (excludes halogenated alkanes) is 1. The highest BCUT2D eigenvalue weighted by Gasteiger charge is 2.53. The fourth-order valence-electron chi connectivity index (χ4n) is 5.76. The molecule has 2 amide bonds. The van der Waals surface area contributed by atoms with Gasteiger partial charge in [-0.15, -0.1) is 0 Å². The van der Waals surface area contributed by atoms with E-state index in [0.717, 1.165) is 27.2 Å². The summed E-state index contributed by atoms with van der Waals surface area (Å²) in [6.45, 7) is 9.51. The smallest absolute Gasteiger partial charge is 0.417 e. The summed E-state index contributed by atoms with van der Waals surface area (Å²) in [6.07, 6.45) is 1.22. The number of ketones is 1. The zero-order valence-electron chi connectivity index (χ0n) is 24.0. The Balaban J connectivity index is 1.76. The van der Waals surface area contributed by atoms with E-state index in [1.807, 2.05) is 75.4 Å². The Labute approximate surface area is 236 Å². The maximum Gasteiger partial charge on any atom is 0.417 e. The van der Waals surface area contributed by atoms with E-state index in [2.05, 4.69) is 0 Å². The van der Waals surface area contributed by atoms with Gasteiger partial charge in [0, 0.05) is 18.6 Å². The lowest BCUT2D eigenvalue weighted by Crippen LogP contribution is -2.51. The molecule has 1 N–H and O–H groups in total. The van der Waals surface area contributed by atoms with Gasteiger partial charge in [0.25, 0.3) is 0 Å². The second-order valence-electron chi connectivity index (χ2n) is 11.5. The van der Waals surface area contributed by atoms with Gasteiger partial charge in [-0.25, -0.2) is 9.69 Å². The van der Waals surface area contributed by atoms with E-state index in [1.165, 1.54) is 0 Å². The van der Waals surface area contributed by atoms with Crippen LogP contribution < -0.4 is 0 Å². The van der Waals surface area contributed by atoms with Crippen molar-refractivity contribution in [2.24, 2.45) is 11.8 Å². The number of furan rings is 1. The van der Waals surface area contributed by atoms with Crippen LogP contribution in [0.2, 0.25) is 0 Å². The zero-order chi connectivity index (χ0) is 29.0. The van der Waals surface area contributed by atoms with Gasteiger partial charge in [-0.3, -0.25) is 9.59 Å². The van der Waals surface area contributed by atoms with Crippen LogP contribution in [0, 0.1) is 18.8 Å². The van der Waals surface area contributed by atoms with Gasteiger partial charge in [-0.2, -0.15) is 0 Å². The Morgan fingerprint density at radius 1 is 1.02 bits per heavy atom. The number of cyclic esters (lactones) is 1. The van der Waals surface area contributed by atoms with Crippen molar-refractivity contribution in [3.05, 3.63) is 83.3 Å². The number of aliphatic hydroxyl groups excluding tert-OH is 1. The third-order valence-electron chi connectivity index (χ3n) is 7.50. The summed E-state index contributed by atoms with van der Waals surface area (Å²) >= 11 is 0. The second-order valence-corrected chi connectivity index (χ2v) is 11.5. The van der Waals surface area contributed by atoms with E-state index in [9.17, 15) is 19.5 Å². The number of amides is 2. The predicted octanol–water partition coefficient (Wildman–Crippen LogP) is 6.39. The highest BCUT2D eigenvalue weighted by molar-refractivity contribution is 6.12. The second kappa shape index (κ2) is 12.2. The molecule has 2 atom stereocenters. The third-order valence-corrected chi connectivity index (χ3v) is 7.50. The first-order valence-corrected chi connectivity index (χ1v) is 14.0. The number of nitrogens with zero attached hydrogens (tertiary/aromatic N) is 1. The van der Waals surface area contributed by atoms with Crippen LogP contribution >= 0.6 is 0 Å². The summed E-state index contributed by atoms with van der Waals surface area (Å²) in [6, 6.07) is 18.4. The van der Waals surface area contributed by atoms with Crippen molar-refractivity contribution < 1.29 is 28.6 Å². The molecule has 2 aromatic carbocycles. The molecule has 1 aliphatic rings. The van der Waals surface area contributed by atoms with Crippen LogP contribution in [-0.4, -0.2) is 46.0 Å². The number of aliphatic hydroxyl groups is 1. The van der Waals surface area contributed by atoms with Crippen molar-refractivity contribution in [1.82, 2.24) is 4.90 Å². The minimum atomic E-state index is -1.17. The number of ether oxygens (including phenoxy) is 1. The Morgan fingerprint density at radius 3 is 2.40 bits per heavy atom. The van der Waals surface area contributed by atoms with Crippen LogP contribution in [-0.2, 0) is 22.4 Å². The molecule has 40 heavy (non-hydrogen) atoms. The van der Waals surface area contributed by atoms with E-state index in [1.54, 1.807) is 19.9 Å². The van der Waals surface area contributed by atoms with E-state index < -0.39 is 35.3 Å². The molecular weight excluding hydrogens is 506 g/mol.